The number of pyridine rings is 1. The van der Waals surface area contributed by atoms with Gasteiger partial charge in [0.2, 0.25) is 0 Å². The first-order chi connectivity index (χ1) is 11.0. The predicted molar refractivity (Wildman–Crippen MR) is 80.8 cm³/mol. The molecule has 0 amide bonds. The summed E-state index contributed by atoms with van der Waals surface area (Å²) >= 11 is 0. The van der Waals surface area contributed by atoms with Crippen LogP contribution < -0.4 is 4.90 Å². The topological polar surface area (TPSA) is 60.1 Å². The van der Waals surface area contributed by atoms with Gasteiger partial charge in [0.25, 0.3) is 0 Å². The number of benzene rings is 1. The smallest absolute Gasteiger partial charge is 0.159 e. The zero-order chi connectivity index (χ0) is 16.6. The van der Waals surface area contributed by atoms with E-state index in [1.807, 2.05) is 6.92 Å². The summed E-state index contributed by atoms with van der Waals surface area (Å²) < 4.78 is 26.7. The molecule has 2 heterocycles. The Morgan fingerprint density at radius 3 is 2.78 bits per heavy atom. The highest BCUT2D eigenvalue weighted by Gasteiger charge is 2.34. The predicted octanol–water partition coefficient (Wildman–Crippen LogP) is 2.85. The Balaban J connectivity index is 2.06. The van der Waals surface area contributed by atoms with Gasteiger partial charge < -0.3 is 10.0 Å². The third-order valence-corrected chi connectivity index (χ3v) is 4.13. The minimum absolute atomic E-state index is 0.287. The molecule has 0 saturated carbocycles. The van der Waals surface area contributed by atoms with E-state index < -0.39 is 17.7 Å². The first-order valence-electron chi connectivity index (χ1n) is 7.26. The molecule has 4 nitrogen and oxygen atoms in total. The molecule has 23 heavy (non-hydrogen) atoms. The van der Waals surface area contributed by atoms with Crippen LogP contribution in [0.3, 0.4) is 0 Å². The molecule has 1 fully saturated rings. The molecule has 0 bridgehead atoms. The first-order valence-corrected chi connectivity index (χ1v) is 7.26. The summed E-state index contributed by atoms with van der Waals surface area (Å²) in [6.07, 6.45) is 1.34. The average molecular weight is 315 g/mol. The number of nitriles is 1. The number of rotatable bonds is 2. The van der Waals surface area contributed by atoms with Crippen LogP contribution in [0, 0.1) is 29.9 Å². The fraction of sp³-hybridized carbons (Fsp3) is 0.294. The van der Waals surface area contributed by atoms with Crippen LogP contribution in [0.15, 0.2) is 30.5 Å². The van der Waals surface area contributed by atoms with E-state index in [0.29, 0.717) is 23.4 Å². The lowest BCUT2D eigenvalue weighted by Gasteiger charge is -2.27. The zero-order valence-corrected chi connectivity index (χ0v) is 12.5. The monoisotopic (exact) mass is 315 g/mol. The van der Waals surface area contributed by atoms with Crippen LogP contribution in [-0.4, -0.2) is 22.7 Å². The van der Waals surface area contributed by atoms with Crippen molar-refractivity contribution >= 4 is 5.82 Å². The molecular formula is C17H15F2N3O. The van der Waals surface area contributed by atoms with E-state index in [0.717, 1.165) is 17.7 Å². The summed E-state index contributed by atoms with van der Waals surface area (Å²) in [5.74, 6) is -1.38. The molecule has 1 saturated heterocycles. The van der Waals surface area contributed by atoms with Crippen LogP contribution in [0.2, 0.25) is 0 Å². The maximum Gasteiger partial charge on any atom is 0.159 e. The fourth-order valence-electron chi connectivity index (χ4n) is 2.98. The molecule has 1 N–H and O–H groups in total. The number of anilines is 1. The van der Waals surface area contributed by atoms with Gasteiger partial charge in [0.15, 0.2) is 11.6 Å². The van der Waals surface area contributed by atoms with Gasteiger partial charge in [0, 0.05) is 12.7 Å². The quantitative estimate of drug-likeness (QED) is 0.926. The van der Waals surface area contributed by atoms with Gasteiger partial charge in [-0.25, -0.2) is 13.8 Å². The lowest BCUT2D eigenvalue weighted by molar-refractivity contribution is 0.194. The third-order valence-electron chi connectivity index (χ3n) is 4.13. The van der Waals surface area contributed by atoms with Crippen molar-refractivity contribution in [3.63, 3.8) is 0 Å². The van der Waals surface area contributed by atoms with Crippen molar-refractivity contribution in [2.24, 2.45) is 0 Å². The van der Waals surface area contributed by atoms with E-state index in [4.69, 9.17) is 0 Å². The second-order valence-corrected chi connectivity index (χ2v) is 5.67. The van der Waals surface area contributed by atoms with Crippen molar-refractivity contribution in [1.82, 2.24) is 4.98 Å². The first kappa shape index (κ1) is 15.4. The van der Waals surface area contributed by atoms with Gasteiger partial charge in [-0.2, -0.15) is 5.26 Å². The van der Waals surface area contributed by atoms with Gasteiger partial charge in [-0.15, -0.1) is 0 Å². The van der Waals surface area contributed by atoms with E-state index in [1.54, 1.807) is 17.2 Å². The molecule has 0 radical (unpaired) electrons. The van der Waals surface area contributed by atoms with Gasteiger partial charge in [0.05, 0.1) is 17.7 Å². The molecule has 2 aromatic rings. The van der Waals surface area contributed by atoms with E-state index >= 15 is 0 Å². The van der Waals surface area contributed by atoms with Crippen molar-refractivity contribution in [2.75, 3.05) is 11.4 Å². The Morgan fingerprint density at radius 1 is 1.30 bits per heavy atom. The van der Waals surface area contributed by atoms with E-state index in [-0.39, 0.29) is 12.6 Å². The second-order valence-electron chi connectivity index (χ2n) is 5.67. The standard InChI is InChI=1S/C17H15F2N3O/c1-10-4-5-21-17(13(10)8-20)22-9-12(23)7-16(22)11-2-3-14(18)15(19)6-11/h2-6,12,16,23H,7,9H2,1H3/t12-,16+/m0/s1. The van der Waals surface area contributed by atoms with E-state index in [2.05, 4.69) is 11.1 Å². The number of aliphatic hydroxyl groups is 1. The Bertz CT molecular complexity index is 788. The molecule has 1 aromatic heterocycles. The maximum absolute atomic E-state index is 13.5. The lowest BCUT2D eigenvalue weighted by atomic mass is 10.0. The largest absolute Gasteiger partial charge is 0.391 e. The van der Waals surface area contributed by atoms with Crippen LogP contribution >= 0.6 is 0 Å². The lowest BCUT2D eigenvalue weighted by Crippen LogP contribution is -2.26. The number of halogens is 2. The number of hydrogen-bond acceptors (Lipinski definition) is 4. The van der Waals surface area contributed by atoms with Crippen LogP contribution in [-0.2, 0) is 0 Å². The maximum atomic E-state index is 13.5. The number of β-amino-alcohol motifs (C(OH)–C–C–N with tert-alkyl or cyclic N) is 1. The number of aliphatic hydroxyl groups excluding tert-OH is 1. The van der Waals surface area contributed by atoms with Crippen LogP contribution in [0.25, 0.3) is 0 Å². The van der Waals surface area contributed by atoms with E-state index in [9.17, 15) is 19.1 Å². The van der Waals surface area contributed by atoms with Crippen molar-refractivity contribution < 1.29 is 13.9 Å². The van der Waals surface area contributed by atoms with E-state index in [1.165, 1.54) is 6.07 Å². The number of nitrogens with zero attached hydrogens (tertiary/aromatic N) is 3. The Morgan fingerprint density at radius 2 is 2.09 bits per heavy atom. The summed E-state index contributed by atoms with van der Waals surface area (Å²) in [6.45, 7) is 2.09. The van der Waals surface area contributed by atoms with Gasteiger partial charge in [-0.3, -0.25) is 0 Å². The third kappa shape index (κ3) is 2.76. The summed E-state index contributed by atoms with van der Waals surface area (Å²) in [7, 11) is 0. The Kier molecular flexibility index (Phi) is 3.97. The molecule has 118 valence electrons. The highest BCUT2D eigenvalue weighted by molar-refractivity contribution is 5.59. The normalized spacial score (nSPS) is 20.6. The summed E-state index contributed by atoms with van der Waals surface area (Å²) in [6, 6.07) is 7.21. The summed E-state index contributed by atoms with van der Waals surface area (Å²) in [4.78, 5) is 6.05. The van der Waals surface area contributed by atoms with Crippen molar-refractivity contribution in [2.45, 2.75) is 25.5 Å². The molecule has 2 atom stereocenters. The molecule has 3 rings (SSSR count). The van der Waals surface area contributed by atoms with Crippen LogP contribution in [0.4, 0.5) is 14.6 Å². The summed E-state index contributed by atoms with van der Waals surface area (Å²) in [5.41, 5.74) is 1.75. The van der Waals surface area contributed by atoms with Crippen LogP contribution in [0.1, 0.15) is 29.2 Å². The van der Waals surface area contributed by atoms with Crippen molar-refractivity contribution in [3.8, 4) is 6.07 Å². The zero-order valence-electron chi connectivity index (χ0n) is 12.5. The molecular weight excluding hydrogens is 300 g/mol. The molecule has 1 aliphatic heterocycles. The minimum Gasteiger partial charge on any atom is -0.391 e. The Labute approximate surface area is 132 Å². The van der Waals surface area contributed by atoms with Crippen molar-refractivity contribution in [1.29, 1.82) is 5.26 Å². The van der Waals surface area contributed by atoms with Gasteiger partial charge in [-0.1, -0.05) is 6.07 Å². The number of aromatic nitrogens is 1. The van der Waals surface area contributed by atoms with Crippen molar-refractivity contribution in [3.05, 3.63) is 58.8 Å². The molecule has 0 unspecified atom stereocenters. The molecule has 1 aromatic carbocycles. The van der Waals surface area contributed by atoms with Gasteiger partial charge in [0.1, 0.15) is 11.9 Å². The highest BCUT2D eigenvalue weighted by atomic mass is 19.2. The highest BCUT2D eigenvalue weighted by Crippen LogP contribution is 2.37. The molecule has 1 aliphatic rings. The average Bonchev–Trinajstić information content (AvgIpc) is 2.91. The number of hydrogen-bond donors (Lipinski definition) is 1. The molecule has 0 aliphatic carbocycles. The summed E-state index contributed by atoms with van der Waals surface area (Å²) in [5, 5.41) is 19.4. The second kappa shape index (κ2) is 5.94. The SMILES string of the molecule is Cc1ccnc(N2C[C@@H](O)C[C@@H]2c2ccc(F)c(F)c2)c1C#N. The minimum atomic E-state index is -0.929. The molecule has 6 heteroatoms. The fourth-order valence-corrected chi connectivity index (χ4v) is 2.98. The molecule has 0 spiro atoms. The van der Waals surface area contributed by atoms with Gasteiger partial charge in [-0.05, 0) is 42.7 Å². The number of aryl methyl sites for hydroxylation is 1. The Hall–Kier alpha value is -2.52. The van der Waals surface area contributed by atoms with Gasteiger partial charge >= 0.3 is 0 Å². The van der Waals surface area contributed by atoms with Crippen LogP contribution in [0.5, 0.6) is 0 Å².